The fraction of sp³-hybridized carbons (Fsp3) is 0.600. The summed E-state index contributed by atoms with van der Waals surface area (Å²) in [4.78, 5) is 12.2. The van der Waals surface area contributed by atoms with E-state index in [0.29, 0.717) is 25.4 Å². The number of rotatable bonds is 7. The predicted octanol–water partition coefficient (Wildman–Crippen LogP) is 1.35. The van der Waals surface area contributed by atoms with Gasteiger partial charge in [0.2, 0.25) is 10.0 Å². The molecule has 128 valence electrons. The smallest absolute Gasteiger partial charge is 0.269 e. The maximum Gasteiger partial charge on any atom is 0.269 e. The van der Waals surface area contributed by atoms with Gasteiger partial charge in [-0.1, -0.05) is 12.1 Å². The molecule has 2 rings (SSSR count). The van der Waals surface area contributed by atoms with Crippen LogP contribution in [-0.4, -0.2) is 62.0 Å². The molecule has 8 heteroatoms. The molecule has 1 aliphatic heterocycles. The topological polar surface area (TPSA) is 83.8 Å². The van der Waals surface area contributed by atoms with Gasteiger partial charge < -0.3 is 4.90 Å². The van der Waals surface area contributed by atoms with E-state index >= 15 is 0 Å². The Morgan fingerprint density at radius 2 is 1.96 bits per heavy atom. The SMILES string of the molecule is CN(C)C[C@H]1CCN(S(=O)(=O)CCc2ccc([N+](=O)[O-])cc2)C1. The highest BCUT2D eigenvalue weighted by Gasteiger charge is 2.31. The number of benzene rings is 1. The molecule has 1 aromatic carbocycles. The molecule has 0 N–H and O–H groups in total. The lowest BCUT2D eigenvalue weighted by atomic mass is 10.1. The Morgan fingerprint density at radius 1 is 1.30 bits per heavy atom. The van der Waals surface area contributed by atoms with Crippen molar-refractivity contribution in [2.24, 2.45) is 5.92 Å². The molecule has 0 spiro atoms. The van der Waals surface area contributed by atoms with Crippen LogP contribution in [0.2, 0.25) is 0 Å². The number of hydrogen-bond donors (Lipinski definition) is 0. The highest BCUT2D eigenvalue weighted by molar-refractivity contribution is 7.89. The van der Waals surface area contributed by atoms with Gasteiger partial charge >= 0.3 is 0 Å². The van der Waals surface area contributed by atoms with E-state index in [1.807, 2.05) is 14.1 Å². The monoisotopic (exact) mass is 341 g/mol. The highest BCUT2D eigenvalue weighted by Crippen LogP contribution is 2.21. The van der Waals surface area contributed by atoms with Gasteiger partial charge in [-0.3, -0.25) is 10.1 Å². The third kappa shape index (κ3) is 4.98. The minimum Gasteiger partial charge on any atom is -0.309 e. The van der Waals surface area contributed by atoms with E-state index in [9.17, 15) is 18.5 Å². The van der Waals surface area contributed by atoms with E-state index in [1.165, 1.54) is 12.1 Å². The van der Waals surface area contributed by atoms with Crippen LogP contribution < -0.4 is 0 Å². The van der Waals surface area contributed by atoms with E-state index in [0.717, 1.165) is 18.5 Å². The van der Waals surface area contributed by atoms with E-state index in [4.69, 9.17) is 0 Å². The molecule has 23 heavy (non-hydrogen) atoms. The van der Waals surface area contributed by atoms with Gasteiger partial charge in [0.1, 0.15) is 0 Å². The first-order valence-electron chi connectivity index (χ1n) is 7.64. The minimum atomic E-state index is -3.27. The van der Waals surface area contributed by atoms with Crippen molar-refractivity contribution < 1.29 is 13.3 Å². The third-order valence-corrected chi connectivity index (χ3v) is 5.90. The highest BCUT2D eigenvalue weighted by atomic mass is 32.2. The summed E-state index contributed by atoms with van der Waals surface area (Å²) in [6.45, 7) is 2.07. The molecular weight excluding hydrogens is 318 g/mol. The average Bonchev–Trinajstić information content (AvgIpc) is 2.94. The van der Waals surface area contributed by atoms with Gasteiger partial charge in [0.15, 0.2) is 0 Å². The molecule has 0 radical (unpaired) electrons. The van der Waals surface area contributed by atoms with E-state index in [-0.39, 0.29) is 11.4 Å². The summed E-state index contributed by atoms with van der Waals surface area (Å²) in [6.07, 6.45) is 1.27. The molecule has 1 fully saturated rings. The van der Waals surface area contributed by atoms with E-state index in [2.05, 4.69) is 4.90 Å². The van der Waals surface area contributed by atoms with Crippen molar-refractivity contribution in [2.45, 2.75) is 12.8 Å². The number of non-ortho nitro benzene ring substituents is 1. The summed E-state index contributed by atoms with van der Waals surface area (Å²) < 4.78 is 26.4. The van der Waals surface area contributed by atoms with Gasteiger partial charge in [-0.2, -0.15) is 0 Å². The second kappa shape index (κ2) is 7.37. The molecule has 0 amide bonds. The number of nitro groups is 1. The Balaban J connectivity index is 1.90. The van der Waals surface area contributed by atoms with Crippen LogP contribution in [0.1, 0.15) is 12.0 Å². The summed E-state index contributed by atoms with van der Waals surface area (Å²) in [6, 6.07) is 6.05. The van der Waals surface area contributed by atoms with Gasteiger partial charge in [-0.15, -0.1) is 0 Å². The maximum absolute atomic E-state index is 12.4. The predicted molar refractivity (Wildman–Crippen MR) is 88.8 cm³/mol. The quantitative estimate of drug-likeness (QED) is 0.552. The molecular formula is C15H23N3O4S. The summed E-state index contributed by atoms with van der Waals surface area (Å²) in [5.41, 5.74) is 0.811. The fourth-order valence-electron chi connectivity index (χ4n) is 2.88. The Labute approximate surface area is 137 Å². The van der Waals surface area contributed by atoms with Crippen LogP contribution in [0, 0.1) is 16.0 Å². The standard InChI is InChI=1S/C15H23N3O4S/c1-16(2)11-14-7-9-17(12-14)23(21,22)10-8-13-3-5-15(6-4-13)18(19)20/h3-6,14H,7-12H2,1-2H3/t14-/m1/s1. The molecule has 1 saturated heterocycles. The second-order valence-corrected chi connectivity index (χ2v) is 8.35. The third-order valence-electron chi connectivity index (χ3n) is 4.06. The Morgan fingerprint density at radius 3 is 2.52 bits per heavy atom. The van der Waals surface area contributed by atoms with Crippen molar-refractivity contribution in [1.29, 1.82) is 0 Å². The zero-order valence-corrected chi connectivity index (χ0v) is 14.3. The summed E-state index contributed by atoms with van der Waals surface area (Å²) >= 11 is 0. The largest absolute Gasteiger partial charge is 0.309 e. The van der Waals surface area contributed by atoms with Crippen molar-refractivity contribution in [3.05, 3.63) is 39.9 Å². The first kappa shape index (κ1) is 17.8. The van der Waals surface area contributed by atoms with Crippen LogP contribution >= 0.6 is 0 Å². The van der Waals surface area contributed by atoms with Crippen molar-refractivity contribution in [3.8, 4) is 0 Å². The summed E-state index contributed by atoms with van der Waals surface area (Å²) in [7, 11) is 0.711. The Bertz CT molecular complexity index is 643. The first-order chi connectivity index (χ1) is 10.8. The lowest BCUT2D eigenvalue weighted by Crippen LogP contribution is -2.33. The zero-order valence-electron chi connectivity index (χ0n) is 13.5. The van der Waals surface area contributed by atoms with Crippen LogP contribution in [0.3, 0.4) is 0 Å². The van der Waals surface area contributed by atoms with Gasteiger partial charge in [0.25, 0.3) is 5.69 Å². The number of nitrogens with zero attached hydrogens (tertiary/aromatic N) is 3. The summed E-state index contributed by atoms with van der Waals surface area (Å²) in [5.74, 6) is 0.429. The van der Waals surface area contributed by atoms with E-state index in [1.54, 1.807) is 16.4 Å². The second-order valence-electron chi connectivity index (χ2n) is 6.26. The van der Waals surface area contributed by atoms with Crippen LogP contribution in [0.4, 0.5) is 5.69 Å². The average molecular weight is 341 g/mol. The molecule has 0 unspecified atom stereocenters. The van der Waals surface area contributed by atoms with E-state index < -0.39 is 14.9 Å². The number of nitro benzene ring substituents is 1. The number of aryl methyl sites for hydroxylation is 1. The molecule has 1 atom stereocenters. The number of sulfonamides is 1. The molecule has 0 saturated carbocycles. The van der Waals surface area contributed by atoms with Crippen molar-refractivity contribution >= 4 is 15.7 Å². The first-order valence-corrected chi connectivity index (χ1v) is 9.25. The maximum atomic E-state index is 12.4. The number of hydrogen-bond acceptors (Lipinski definition) is 5. The van der Waals surface area contributed by atoms with Gasteiger partial charge in [0, 0.05) is 31.8 Å². The van der Waals surface area contributed by atoms with Crippen LogP contribution in [0.5, 0.6) is 0 Å². The molecule has 1 aliphatic rings. The van der Waals surface area contributed by atoms with Gasteiger partial charge in [0.05, 0.1) is 10.7 Å². The lowest BCUT2D eigenvalue weighted by Gasteiger charge is -2.18. The Hall–Kier alpha value is -1.51. The van der Waals surface area contributed by atoms with Crippen molar-refractivity contribution in [1.82, 2.24) is 9.21 Å². The zero-order chi connectivity index (χ0) is 17.0. The van der Waals surface area contributed by atoms with Crippen LogP contribution in [0.25, 0.3) is 0 Å². The lowest BCUT2D eigenvalue weighted by molar-refractivity contribution is -0.384. The van der Waals surface area contributed by atoms with Crippen molar-refractivity contribution in [3.63, 3.8) is 0 Å². The molecule has 1 aromatic rings. The normalized spacial score (nSPS) is 19.3. The molecule has 7 nitrogen and oxygen atoms in total. The summed E-state index contributed by atoms with van der Waals surface area (Å²) in [5, 5.41) is 10.6. The Kier molecular flexibility index (Phi) is 5.72. The molecule has 0 aliphatic carbocycles. The fourth-order valence-corrected chi connectivity index (χ4v) is 4.45. The van der Waals surface area contributed by atoms with Gasteiger partial charge in [-0.05, 0) is 38.4 Å². The van der Waals surface area contributed by atoms with Gasteiger partial charge in [-0.25, -0.2) is 12.7 Å². The molecule has 0 aromatic heterocycles. The van der Waals surface area contributed by atoms with Crippen LogP contribution in [0.15, 0.2) is 24.3 Å². The minimum absolute atomic E-state index is 0.0164. The van der Waals surface area contributed by atoms with Crippen molar-refractivity contribution in [2.75, 3.05) is 39.5 Å². The molecule has 0 bridgehead atoms. The van der Waals surface area contributed by atoms with Crippen LogP contribution in [-0.2, 0) is 16.4 Å². The molecule has 1 heterocycles.